The first-order valence-corrected chi connectivity index (χ1v) is 6.23. The number of carbonyl (C=O) groups is 1. The van der Waals surface area contributed by atoms with Crippen LogP contribution in [0.5, 0.6) is 0 Å². The number of carbonyl (C=O) groups excluding carboxylic acids is 1. The highest BCUT2D eigenvalue weighted by Crippen LogP contribution is 2.20. The van der Waals surface area contributed by atoms with Crippen LogP contribution >= 0.6 is 0 Å². The van der Waals surface area contributed by atoms with Crippen LogP contribution in [0.2, 0.25) is 0 Å². The Morgan fingerprint density at radius 3 is 2.86 bits per heavy atom. The van der Waals surface area contributed by atoms with Crippen molar-refractivity contribution < 1.29 is 4.79 Å². The largest absolute Gasteiger partial charge is 0.396 e. The zero-order valence-corrected chi connectivity index (χ0v) is 11.2. The summed E-state index contributed by atoms with van der Waals surface area (Å²) in [5.74, 6) is 0.947. The SMILES string of the molecule is Cc1nc(-c2cccc(NC(=O)c3[nH]ncc3N)c2)n[nH]1. The van der Waals surface area contributed by atoms with E-state index in [1.165, 1.54) is 6.20 Å². The molecule has 3 aromatic rings. The number of hydrogen-bond acceptors (Lipinski definition) is 5. The second-order valence-electron chi connectivity index (χ2n) is 4.48. The number of H-pyrrole nitrogens is 2. The van der Waals surface area contributed by atoms with Crippen LogP contribution in [0.3, 0.4) is 0 Å². The van der Waals surface area contributed by atoms with E-state index >= 15 is 0 Å². The van der Waals surface area contributed by atoms with Gasteiger partial charge in [0, 0.05) is 11.3 Å². The van der Waals surface area contributed by atoms with E-state index in [-0.39, 0.29) is 11.6 Å². The highest BCUT2D eigenvalue weighted by molar-refractivity contribution is 6.06. The van der Waals surface area contributed by atoms with E-state index in [1.54, 1.807) is 12.1 Å². The smallest absolute Gasteiger partial charge is 0.275 e. The Labute approximate surface area is 119 Å². The molecule has 0 unspecified atom stereocenters. The number of nitrogens with zero attached hydrogens (tertiary/aromatic N) is 3. The average molecular weight is 283 g/mol. The van der Waals surface area contributed by atoms with Crippen molar-refractivity contribution in [2.45, 2.75) is 6.92 Å². The van der Waals surface area contributed by atoms with Crippen molar-refractivity contribution in [2.24, 2.45) is 0 Å². The van der Waals surface area contributed by atoms with Crippen molar-refractivity contribution in [3.05, 3.63) is 42.0 Å². The van der Waals surface area contributed by atoms with Gasteiger partial charge in [-0.05, 0) is 19.1 Å². The van der Waals surface area contributed by atoms with Crippen molar-refractivity contribution in [3.8, 4) is 11.4 Å². The van der Waals surface area contributed by atoms with Crippen LogP contribution in [0.15, 0.2) is 30.5 Å². The zero-order chi connectivity index (χ0) is 14.8. The number of anilines is 2. The molecule has 0 atom stereocenters. The zero-order valence-electron chi connectivity index (χ0n) is 11.2. The second-order valence-corrected chi connectivity index (χ2v) is 4.48. The first-order valence-electron chi connectivity index (χ1n) is 6.23. The summed E-state index contributed by atoms with van der Waals surface area (Å²) in [6, 6.07) is 7.23. The van der Waals surface area contributed by atoms with Gasteiger partial charge in [-0.3, -0.25) is 15.0 Å². The molecule has 8 heteroatoms. The summed E-state index contributed by atoms with van der Waals surface area (Å²) in [4.78, 5) is 16.3. The van der Waals surface area contributed by atoms with Crippen molar-refractivity contribution in [2.75, 3.05) is 11.1 Å². The molecule has 21 heavy (non-hydrogen) atoms. The lowest BCUT2D eigenvalue weighted by Crippen LogP contribution is -2.14. The second kappa shape index (κ2) is 5.08. The summed E-state index contributed by atoms with van der Waals surface area (Å²) in [5.41, 5.74) is 7.59. The van der Waals surface area contributed by atoms with Crippen molar-refractivity contribution in [1.29, 1.82) is 0 Å². The number of hydrogen-bond donors (Lipinski definition) is 4. The minimum absolute atomic E-state index is 0.231. The highest BCUT2D eigenvalue weighted by Gasteiger charge is 2.12. The number of amides is 1. The van der Waals surface area contributed by atoms with Crippen LogP contribution < -0.4 is 11.1 Å². The van der Waals surface area contributed by atoms with E-state index in [4.69, 9.17) is 5.73 Å². The lowest BCUT2D eigenvalue weighted by atomic mass is 10.2. The quantitative estimate of drug-likeness (QED) is 0.577. The van der Waals surface area contributed by atoms with E-state index in [0.29, 0.717) is 17.2 Å². The fraction of sp³-hybridized carbons (Fsp3) is 0.0769. The minimum Gasteiger partial charge on any atom is -0.396 e. The number of nitrogens with two attached hydrogens (primary N) is 1. The van der Waals surface area contributed by atoms with E-state index in [2.05, 4.69) is 30.7 Å². The molecule has 106 valence electrons. The molecule has 0 aliphatic carbocycles. The van der Waals surface area contributed by atoms with Crippen LogP contribution in [0.25, 0.3) is 11.4 Å². The predicted octanol–water partition coefficient (Wildman–Crippen LogP) is 1.34. The summed E-state index contributed by atoms with van der Waals surface area (Å²) >= 11 is 0. The molecule has 3 rings (SSSR count). The third-order valence-corrected chi connectivity index (χ3v) is 2.87. The van der Waals surface area contributed by atoms with Gasteiger partial charge in [0.1, 0.15) is 11.5 Å². The number of nitrogen functional groups attached to an aromatic ring is 1. The molecular formula is C13H13N7O. The molecule has 0 fully saturated rings. The molecule has 0 aliphatic heterocycles. The van der Waals surface area contributed by atoms with Crippen molar-refractivity contribution in [3.63, 3.8) is 0 Å². The summed E-state index contributed by atoms with van der Waals surface area (Å²) in [6.45, 7) is 1.82. The van der Waals surface area contributed by atoms with Gasteiger partial charge in [0.15, 0.2) is 5.82 Å². The summed E-state index contributed by atoms with van der Waals surface area (Å²) < 4.78 is 0. The molecular weight excluding hydrogens is 270 g/mol. The fourth-order valence-corrected chi connectivity index (χ4v) is 1.88. The van der Waals surface area contributed by atoms with Gasteiger partial charge >= 0.3 is 0 Å². The van der Waals surface area contributed by atoms with Gasteiger partial charge in [-0.1, -0.05) is 12.1 Å². The lowest BCUT2D eigenvalue weighted by Gasteiger charge is -2.05. The summed E-state index contributed by atoms with van der Waals surface area (Å²) in [6.07, 6.45) is 1.39. The standard InChI is InChI=1S/C13H13N7O/c1-7-16-12(20-18-7)8-3-2-4-9(5-8)17-13(21)11-10(14)6-15-19-11/h2-6H,14H2,1H3,(H,15,19)(H,17,21)(H,16,18,20). The Morgan fingerprint density at radius 2 is 2.19 bits per heavy atom. The molecule has 0 saturated heterocycles. The Balaban J connectivity index is 1.84. The van der Waals surface area contributed by atoms with E-state index in [1.807, 2.05) is 19.1 Å². The maximum atomic E-state index is 12.0. The molecule has 0 radical (unpaired) electrons. The lowest BCUT2D eigenvalue weighted by molar-refractivity contribution is 0.102. The third-order valence-electron chi connectivity index (χ3n) is 2.87. The van der Waals surface area contributed by atoms with Gasteiger partial charge in [-0.2, -0.15) is 10.2 Å². The van der Waals surface area contributed by atoms with Crippen LogP contribution in [-0.4, -0.2) is 31.3 Å². The number of benzene rings is 1. The number of aryl methyl sites for hydroxylation is 1. The molecule has 0 spiro atoms. The van der Waals surface area contributed by atoms with Crippen molar-refractivity contribution in [1.82, 2.24) is 25.4 Å². The number of nitrogens with one attached hydrogen (secondary N) is 3. The first-order chi connectivity index (χ1) is 10.1. The molecule has 2 aromatic heterocycles. The van der Waals surface area contributed by atoms with Crippen molar-refractivity contribution >= 4 is 17.3 Å². The van der Waals surface area contributed by atoms with Crippen LogP contribution in [0.4, 0.5) is 11.4 Å². The molecule has 8 nitrogen and oxygen atoms in total. The maximum absolute atomic E-state index is 12.0. The number of aromatic amines is 2. The Hall–Kier alpha value is -3.16. The highest BCUT2D eigenvalue weighted by atomic mass is 16.2. The van der Waals surface area contributed by atoms with Gasteiger partial charge < -0.3 is 11.1 Å². The van der Waals surface area contributed by atoms with Gasteiger partial charge in [0.2, 0.25) is 0 Å². The first kappa shape index (κ1) is 12.9. The number of rotatable bonds is 3. The van der Waals surface area contributed by atoms with Gasteiger partial charge in [-0.25, -0.2) is 4.98 Å². The van der Waals surface area contributed by atoms with E-state index in [9.17, 15) is 4.79 Å². The fourth-order valence-electron chi connectivity index (χ4n) is 1.88. The molecule has 1 aromatic carbocycles. The molecule has 0 bridgehead atoms. The molecule has 5 N–H and O–H groups in total. The summed E-state index contributed by atoms with van der Waals surface area (Å²) in [5, 5.41) is 15.9. The Kier molecular flexibility index (Phi) is 3.11. The molecule has 0 saturated carbocycles. The van der Waals surface area contributed by atoms with Crippen LogP contribution in [0, 0.1) is 6.92 Å². The van der Waals surface area contributed by atoms with Gasteiger partial charge in [0.05, 0.1) is 11.9 Å². The predicted molar refractivity (Wildman–Crippen MR) is 77.5 cm³/mol. The summed E-state index contributed by atoms with van der Waals surface area (Å²) in [7, 11) is 0. The normalized spacial score (nSPS) is 10.5. The number of aromatic nitrogens is 5. The topological polar surface area (TPSA) is 125 Å². The van der Waals surface area contributed by atoms with Gasteiger partial charge in [-0.15, -0.1) is 0 Å². The monoisotopic (exact) mass is 283 g/mol. The molecule has 0 aliphatic rings. The van der Waals surface area contributed by atoms with Crippen LogP contribution in [-0.2, 0) is 0 Å². The third kappa shape index (κ3) is 2.59. The maximum Gasteiger partial charge on any atom is 0.275 e. The van der Waals surface area contributed by atoms with E-state index in [0.717, 1.165) is 11.4 Å². The Morgan fingerprint density at radius 1 is 1.33 bits per heavy atom. The van der Waals surface area contributed by atoms with Crippen LogP contribution in [0.1, 0.15) is 16.3 Å². The van der Waals surface area contributed by atoms with Gasteiger partial charge in [0.25, 0.3) is 5.91 Å². The molecule has 2 heterocycles. The minimum atomic E-state index is -0.353. The average Bonchev–Trinajstić information content (AvgIpc) is 3.08. The molecule has 1 amide bonds. The van der Waals surface area contributed by atoms with E-state index < -0.39 is 0 Å². The Bertz CT molecular complexity index is 789.